The van der Waals surface area contributed by atoms with Gasteiger partial charge in [-0.3, -0.25) is 23.4 Å². The molecule has 0 heterocycles. The minimum absolute atomic E-state index is 0.0161. The monoisotopic (exact) mass is 810 g/mol. The second-order valence-corrected chi connectivity index (χ2v) is 16.1. The summed E-state index contributed by atoms with van der Waals surface area (Å²) in [6.07, 6.45) is 42.9. The average Bonchev–Trinajstić information content (AvgIpc) is 3.18. The predicted octanol–water partition coefficient (Wildman–Crippen LogP) is 11.9. The molecule has 0 aliphatic heterocycles. The maximum atomic E-state index is 12.6. The number of carbonyl (C=O) groups is 3. The Kier molecular flexibility index (Phi) is 39.1. The number of ketones is 1. The molecule has 1 unspecified atom stereocenters. The average molecular weight is 810 g/mol. The molecule has 0 rings (SSSR count). The van der Waals surface area contributed by atoms with Crippen molar-refractivity contribution in [2.24, 2.45) is 5.73 Å². The second kappa shape index (κ2) is 40.8. The molecule has 0 fully saturated rings. The van der Waals surface area contributed by atoms with E-state index >= 15 is 0 Å². The van der Waals surface area contributed by atoms with Crippen LogP contribution in [0.1, 0.15) is 187 Å². The Balaban J connectivity index is 4.32. The van der Waals surface area contributed by atoms with Crippen LogP contribution < -0.4 is 5.73 Å². The number of hydrogen-bond donors (Lipinski definition) is 2. The molecule has 11 heteroatoms. The predicted molar refractivity (Wildman–Crippen MR) is 229 cm³/mol. The molecule has 0 saturated heterocycles. The van der Waals surface area contributed by atoms with Gasteiger partial charge in [-0.15, -0.1) is 0 Å². The van der Waals surface area contributed by atoms with Crippen molar-refractivity contribution in [3.8, 4) is 0 Å². The first kappa shape index (κ1) is 53.6. The van der Waals surface area contributed by atoms with E-state index in [2.05, 4.69) is 38.2 Å². The van der Waals surface area contributed by atoms with Crippen molar-refractivity contribution in [3.63, 3.8) is 0 Å². The Bertz CT molecular complexity index is 1120. The Hall–Kier alpha value is -2.36. The summed E-state index contributed by atoms with van der Waals surface area (Å²) in [6.45, 7) is 3.43. The van der Waals surface area contributed by atoms with E-state index in [0.717, 1.165) is 38.5 Å². The minimum Gasteiger partial charge on any atom is -0.462 e. The normalized spacial score (nSPS) is 13.6. The van der Waals surface area contributed by atoms with Crippen LogP contribution in [0.5, 0.6) is 0 Å². The molecular formula is C45H80NO9P. The van der Waals surface area contributed by atoms with Crippen LogP contribution in [0, 0.1) is 0 Å². The molecule has 0 saturated carbocycles. The fourth-order valence-electron chi connectivity index (χ4n) is 5.88. The molecule has 0 aromatic rings. The Labute approximate surface area is 341 Å². The number of unbranched alkanes of at least 4 members (excludes halogenated alkanes) is 19. The number of ether oxygens (including phenoxy) is 2. The highest BCUT2D eigenvalue weighted by Crippen LogP contribution is 2.43. The van der Waals surface area contributed by atoms with E-state index in [1.807, 2.05) is 12.2 Å². The molecule has 0 aliphatic rings. The van der Waals surface area contributed by atoms with Crippen molar-refractivity contribution in [1.29, 1.82) is 0 Å². The Morgan fingerprint density at radius 2 is 1.11 bits per heavy atom. The van der Waals surface area contributed by atoms with Gasteiger partial charge >= 0.3 is 19.8 Å². The largest absolute Gasteiger partial charge is 0.472 e. The molecular weight excluding hydrogens is 729 g/mol. The van der Waals surface area contributed by atoms with Crippen LogP contribution in [-0.4, -0.2) is 55.1 Å². The summed E-state index contributed by atoms with van der Waals surface area (Å²) in [6, 6.07) is 0. The van der Waals surface area contributed by atoms with Gasteiger partial charge in [0.25, 0.3) is 0 Å². The van der Waals surface area contributed by atoms with Crippen molar-refractivity contribution >= 4 is 25.5 Å². The van der Waals surface area contributed by atoms with Gasteiger partial charge in [0, 0.05) is 25.8 Å². The van der Waals surface area contributed by atoms with E-state index in [1.54, 1.807) is 6.08 Å². The molecule has 56 heavy (non-hydrogen) atoms. The standard InChI is InChI=1S/C45H80NO9P/c1-3-5-7-9-11-13-15-17-18-19-20-22-24-26-28-30-32-36-44(48)52-40-43(41-54-56(50,51)53-39-38-46)55-45(49)37-33-35-42(47)34-31-29-27-25-23-21-16-14-12-10-8-6-4-2/h12,14,21,23,27,29,31,34,43H,3-11,13,15-20,22,24-26,28,30,32-33,35-41,46H2,1-2H3,(H,50,51)/b14-12-,23-21-,29-27-,34-31+/t43-/m1/s1. The number of esters is 2. The maximum absolute atomic E-state index is 12.6. The number of hydrogen-bond acceptors (Lipinski definition) is 9. The lowest BCUT2D eigenvalue weighted by Crippen LogP contribution is -2.29. The number of phosphoric acid groups is 1. The van der Waals surface area contributed by atoms with E-state index in [9.17, 15) is 23.8 Å². The van der Waals surface area contributed by atoms with E-state index in [4.69, 9.17) is 24.3 Å². The van der Waals surface area contributed by atoms with Crippen LogP contribution in [0.2, 0.25) is 0 Å². The lowest BCUT2D eigenvalue weighted by molar-refractivity contribution is -0.161. The first-order valence-corrected chi connectivity index (χ1v) is 23.6. The lowest BCUT2D eigenvalue weighted by Gasteiger charge is -2.19. The molecule has 0 aromatic carbocycles. The third-order valence-electron chi connectivity index (χ3n) is 9.19. The first-order valence-electron chi connectivity index (χ1n) is 22.1. The zero-order valence-corrected chi connectivity index (χ0v) is 36.2. The van der Waals surface area contributed by atoms with Crippen LogP contribution in [0.3, 0.4) is 0 Å². The number of allylic oxidation sites excluding steroid dienone is 8. The summed E-state index contributed by atoms with van der Waals surface area (Å²) in [7, 11) is -4.44. The van der Waals surface area contributed by atoms with E-state index in [-0.39, 0.29) is 51.2 Å². The molecule has 2 atom stereocenters. The Morgan fingerprint density at radius 1 is 0.589 bits per heavy atom. The zero-order chi connectivity index (χ0) is 41.2. The molecule has 0 bridgehead atoms. The highest BCUT2D eigenvalue weighted by molar-refractivity contribution is 7.47. The summed E-state index contributed by atoms with van der Waals surface area (Å²) < 4.78 is 32.6. The SMILES string of the molecule is CCCCC/C=C\C/C=C\C/C=C\C=C\C(=O)CCCC(=O)O[C@H](COC(=O)CCCCCCCCCCCCCCCCCCC)COP(=O)(O)OCCN. The molecule has 10 nitrogen and oxygen atoms in total. The zero-order valence-electron chi connectivity index (χ0n) is 35.4. The summed E-state index contributed by atoms with van der Waals surface area (Å²) >= 11 is 0. The fraction of sp³-hybridized carbons (Fsp3) is 0.756. The van der Waals surface area contributed by atoms with E-state index in [0.29, 0.717) is 6.42 Å². The summed E-state index contributed by atoms with van der Waals surface area (Å²) in [4.78, 5) is 47.1. The topological polar surface area (TPSA) is 151 Å². The van der Waals surface area contributed by atoms with E-state index in [1.165, 1.54) is 109 Å². The number of nitrogens with two attached hydrogens (primary N) is 1. The smallest absolute Gasteiger partial charge is 0.462 e. The van der Waals surface area contributed by atoms with Gasteiger partial charge in [-0.2, -0.15) is 0 Å². The van der Waals surface area contributed by atoms with Gasteiger partial charge in [0.15, 0.2) is 11.9 Å². The highest BCUT2D eigenvalue weighted by atomic mass is 31.2. The van der Waals surface area contributed by atoms with Gasteiger partial charge in [-0.05, 0) is 44.6 Å². The number of rotatable bonds is 41. The van der Waals surface area contributed by atoms with Gasteiger partial charge in [-0.1, -0.05) is 172 Å². The van der Waals surface area contributed by atoms with Crippen molar-refractivity contribution in [3.05, 3.63) is 48.6 Å². The molecule has 0 amide bonds. The van der Waals surface area contributed by atoms with Crippen LogP contribution in [0.4, 0.5) is 0 Å². The lowest BCUT2D eigenvalue weighted by atomic mass is 10.0. The number of carbonyl (C=O) groups excluding carboxylic acids is 3. The summed E-state index contributed by atoms with van der Waals surface area (Å²) in [5.41, 5.74) is 5.33. The van der Waals surface area contributed by atoms with Crippen LogP contribution in [-0.2, 0) is 37.5 Å². The van der Waals surface area contributed by atoms with Gasteiger partial charge < -0.3 is 20.1 Å². The third-order valence-corrected chi connectivity index (χ3v) is 10.2. The van der Waals surface area contributed by atoms with Crippen molar-refractivity contribution < 1.29 is 42.4 Å². The molecule has 0 radical (unpaired) electrons. The first-order chi connectivity index (χ1) is 27.2. The molecule has 0 aromatic heterocycles. The second-order valence-electron chi connectivity index (χ2n) is 14.6. The number of phosphoric ester groups is 1. The third kappa shape index (κ3) is 39.9. The van der Waals surface area contributed by atoms with Crippen molar-refractivity contribution in [1.82, 2.24) is 0 Å². The minimum atomic E-state index is -4.44. The van der Waals surface area contributed by atoms with Crippen molar-refractivity contribution in [2.45, 2.75) is 193 Å². The van der Waals surface area contributed by atoms with Gasteiger partial charge in [0.2, 0.25) is 0 Å². The maximum Gasteiger partial charge on any atom is 0.472 e. The fourth-order valence-corrected chi connectivity index (χ4v) is 6.65. The molecule has 0 aliphatic carbocycles. The van der Waals surface area contributed by atoms with Gasteiger partial charge in [-0.25, -0.2) is 4.57 Å². The quantitative estimate of drug-likeness (QED) is 0.0152. The van der Waals surface area contributed by atoms with Gasteiger partial charge in [0.05, 0.1) is 13.2 Å². The molecule has 0 spiro atoms. The van der Waals surface area contributed by atoms with E-state index < -0.39 is 32.5 Å². The van der Waals surface area contributed by atoms with Crippen LogP contribution >= 0.6 is 7.82 Å². The van der Waals surface area contributed by atoms with Crippen LogP contribution in [0.25, 0.3) is 0 Å². The molecule has 324 valence electrons. The summed E-state index contributed by atoms with van der Waals surface area (Å²) in [5, 5.41) is 0. The molecule has 3 N–H and O–H groups in total. The highest BCUT2D eigenvalue weighted by Gasteiger charge is 2.26. The Morgan fingerprint density at radius 3 is 1.70 bits per heavy atom. The van der Waals surface area contributed by atoms with Crippen LogP contribution in [0.15, 0.2) is 48.6 Å². The summed E-state index contributed by atoms with van der Waals surface area (Å²) in [5.74, 6) is -1.20. The van der Waals surface area contributed by atoms with Crippen molar-refractivity contribution in [2.75, 3.05) is 26.4 Å². The van der Waals surface area contributed by atoms with Gasteiger partial charge in [0.1, 0.15) is 6.61 Å².